The van der Waals surface area contributed by atoms with E-state index in [1.165, 1.54) is 11.1 Å². The van der Waals surface area contributed by atoms with E-state index in [2.05, 4.69) is 49.9 Å². The van der Waals surface area contributed by atoms with Crippen molar-refractivity contribution in [1.29, 1.82) is 0 Å². The lowest BCUT2D eigenvalue weighted by atomic mass is 9.83. The van der Waals surface area contributed by atoms with E-state index >= 15 is 0 Å². The van der Waals surface area contributed by atoms with Gasteiger partial charge in [-0.3, -0.25) is 4.90 Å². The molecule has 0 amide bonds. The Bertz CT molecular complexity index is 350. The molecule has 1 heterocycles. The largest absolute Gasteiger partial charge is 0.379 e. The lowest BCUT2D eigenvalue weighted by Gasteiger charge is -2.35. The molecule has 1 aliphatic rings. The summed E-state index contributed by atoms with van der Waals surface area (Å²) in [6.45, 7) is 11.8. The second kappa shape index (κ2) is 5.19. The zero-order chi connectivity index (χ0) is 12.3. The zero-order valence-corrected chi connectivity index (χ0v) is 11.2. The Kier molecular flexibility index (Phi) is 3.85. The topological polar surface area (TPSA) is 12.5 Å². The first-order chi connectivity index (χ1) is 8.08. The first kappa shape index (κ1) is 12.6. The number of nitrogens with zero attached hydrogens (tertiary/aromatic N) is 1. The average Bonchev–Trinajstić information content (AvgIpc) is 2.30. The molecule has 2 heteroatoms. The molecule has 1 aliphatic heterocycles. The van der Waals surface area contributed by atoms with Gasteiger partial charge in [0.05, 0.1) is 13.2 Å². The highest BCUT2D eigenvalue weighted by Crippen LogP contribution is 2.25. The van der Waals surface area contributed by atoms with Gasteiger partial charge in [0.1, 0.15) is 0 Å². The highest BCUT2D eigenvalue weighted by molar-refractivity contribution is 5.27. The van der Waals surface area contributed by atoms with Crippen molar-refractivity contribution >= 4 is 0 Å². The minimum absolute atomic E-state index is 0.213. The third-order valence-corrected chi connectivity index (χ3v) is 3.56. The van der Waals surface area contributed by atoms with Crippen LogP contribution in [0, 0.1) is 6.92 Å². The van der Waals surface area contributed by atoms with Gasteiger partial charge in [-0.15, -0.1) is 0 Å². The molecule has 1 aromatic rings. The lowest BCUT2D eigenvalue weighted by molar-refractivity contribution is 0.0295. The summed E-state index contributed by atoms with van der Waals surface area (Å²) in [5, 5.41) is 0. The summed E-state index contributed by atoms with van der Waals surface area (Å²) < 4.78 is 5.39. The van der Waals surface area contributed by atoms with E-state index in [9.17, 15) is 0 Å². The number of ether oxygens (including phenoxy) is 1. The Morgan fingerprint density at radius 2 is 1.71 bits per heavy atom. The first-order valence-corrected chi connectivity index (χ1v) is 6.45. The van der Waals surface area contributed by atoms with Crippen molar-refractivity contribution in [2.24, 2.45) is 0 Å². The molecule has 1 fully saturated rings. The van der Waals surface area contributed by atoms with Crippen molar-refractivity contribution in [3.8, 4) is 0 Å². The van der Waals surface area contributed by atoms with Gasteiger partial charge in [0.2, 0.25) is 0 Å². The number of benzene rings is 1. The zero-order valence-electron chi connectivity index (χ0n) is 11.2. The van der Waals surface area contributed by atoms with Gasteiger partial charge in [-0.25, -0.2) is 0 Å². The minimum atomic E-state index is 0.213. The van der Waals surface area contributed by atoms with Crippen LogP contribution in [0.25, 0.3) is 0 Å². The second-order valence-corrected chi connectivity index (χ2v) is 5.64. The fraction of sp³-hybridized carbons (Fsp3) is 0.600. The van der Waals surface area contributed by atoms with Crippen LogP contribution in [-0.2, 0) is 10.2 Å². The summed E-state index contributed by atoms with van der Waals surface area (Å²) in [6.07, 6.45) is 0. The number of rotatable bonds is 3. The third-order valence-electron chi connectivity index (χ3n) is 3.56. The molecule has 1 aromatic carbocycles. The molecule has 0 radical (unpaired) electrons. The van der Waals surface area contributed by atoms with Crippen LogP contribution in [0.5, 0.6) is 0 Å². The molecule has 0 saturated carbocycles. The van der Waals surface area contributed by atoms with Gasteiger partial charge in [-0.2, -0.15) is 0 Å². The SMILES string of the molecule is Cc1ccc(C(C)(C)CN2CCOCC2)cc1. The molecule has 0 bridgehead atoms. The van der Waals surface area contributed by atoms with Crippen LogP contribution < -0.4 is 0 Å². The smallest absolute Gasteiger partial charge is 0.0594 e. The van der Waals surface area contributed by atoms with E-state index in [0.717, 1.165) is 32.8 Å². The van der Waals surface area contributed by atoms with E-state index in [1.54, 1.807) is 0 Å². The van der Waals surface area contributed by atoms with Crippen LogP contribution in [0.1, 0.15) is 25.0 Å². The average molecular weight is 233 g/mol. The summed E-state index contributed by atoms with van der Waals surface area (Å²) >= 11 is 0. The molecule has 0 atom stereocenters. The van der Waals surface area contributed by atoms with E-state index in [1.807, 2.05) is 0 Å². The van der Waals surface area contributed by atoms with Gasteiger partial charge in [-0.05, 0) is 12.5 Å². The minimum Gasteiger partial charge on any atom is -0.379 e. The Labute approximate surface area is 105 Å². The Hall–Kier alpha value is -0.860. The summed E-state index contributed by atoms with van der Waals surface area (Å²) in [4.78, 5) is 2.50. The molecule has 0 aliphatic carbocycles. The van der Waals surface area contributed by atoms with Crippen LogP contribution in [0.3, 0.4) is 0 Å². The van der Waals surface area contributed by atoms with Crippen molar-refractivity contribution in [1.82, 2.24) is 4.90 Å². The van der Waals surface area contributed by atoms with Crippen molar-refractivity contribution < 1.29 is 4.74 Å². The molecule has 17 heavy (non-hydrogen) atoms. The molecule has 2 rings (SSSR count). The highest BCUT2D eigenvalue weighted by atomic mass is 16.5. The fourth-order valence-corrected chi connectivity index (χ4v) is 2.41. The van der Waals surface area contributed by atoms with Crippen molar-refractivity contribution in [3.63, 3.8) is 0 Å². The highest BCUT2D eigenvalue weighted by Gasteiger charge is 2.24. The molecule has 2 nitrogen and oxygen atoms in total. The Morgan fingerprint density at radius 1 is 1.12 bits per heavy atom. The van der Waals surface area contributed by atoms with Gasteiger partial charge in [0.25, 0.3) is 0 Å². The van der Waals surface area contributed by atoms with Crippen LogP contribution in [0.15, 0.2) is 24.3 Å². The summed E-state index contributed by atoms with van der Waals surface area (Å²) in [5.41, 5.74) is 2.97. The monoisotopic (exact) mass is 233 g/mol. The van der Waals surface area contributed by atoms with Gasteiger partial charge >= 0.3 is 0 Å². The van der Waals surface area contributed by atoms with Gasteiger partial charge < -0.3 is 4.74 Å². The normalized spacial score (nSPS) is 18.3. The second-order valence-electron chi connectivity index (χ2n) is 5.64. The van der Waals surface area contributed by atoms with Gasteiger partial charge in [-0.1, -0.05) is 43.7 Å². The maximum atomic E-state index is 5.39. The van der Waals surface area contributed by atoms with Crippen LogP contribution in [0.4, 0.5) is 0 Å². The summed E-state index contributed by atoms with van der Waals surface area (Å²) in [5.74, 6) is 0. The molecule has 1 saturated heterocycles. The van der Waals surface area contributed by atoms with Crippen LogP contribution in [-0.4, -0.2) is 37.7 Å². The fourth-order valence-electron chi connectivity index (χ4n) is 2.41. The number of hydrogen-bond donors (Lipinski definition) is 0. The van der Waals surface area contributed by atoms with Gasteiger partial charge in [0.15, 0.2) is 0 Å². The predicted molar refractivity (Wildman–Crippen MR) is 71.5 cm³/mol. The molecule has 0 aromatic heterocycles. The Balaban J connectivity index is 2.04. The van der Waals surface area contributed by atoms with Crippen molar-refractivity contribution in [3.05, 3.63) is 35.4 Å². The maximum absolute atomic E-state index is 5.39. The lowest BCUT2D eigenvalue weighted by Crippen LogP contribution is -2.43. The van der Waals surface area contributed by atoms with Gasteiger partial charge in [0, 0.05) is 25.0 Å². The van der Waals surface area contributed by atoms with E-state index in [-0.39, 0.29) is 5.41 Å². The molecule has 94 valence electrons. The quantitative estimate of drug-likeness (QED) is 0.795. The molecule has 0 spiro atoms. The Morgan fingerprint density at radius 3 is 2.29 bits per heavy atom. The predicted octanol–water partition coefficient (Wildman–Crippen LogP) is 2.60. The number of morpholine rings is 1. The standard InChI is InChI=1S/C15H23NO/c1-13-4-6-14(7-5-13)15(2,3)12-16-8-10-17-11-9-16/h4-7H,8-12H2,1-3H3. The first-order valence-electron chi connectivity index (χ1n) is 6.45. The van der Waals surface area contributed by atoms with E-state index in [4.69, 9.17) is 4.74 Å². The number of hydrogen-bond acceptors (Lipinski definition) is 2. The van der Waals surface area contributed by atoms with Crippen LogP contribution in [0.2, 0.25) is 0 Å². The molecular weight excluding hydrogens is 210 g/mol. The molecule has 0 N–H and O–H groups in total. The van der Waals surface area contributed by atoms with Crippen molar-refractivity contribution in [2.75, 3.05) is 32.8 Å². The number of aryl methyl sites for hydroxylation is 1. The summed E-state index contributed by atoms with van der Waals surface area (Å²) in [6, 6.07) is 8.93. The molecule has 0 unspecified atom stereocenters. The maximum Gasteiger partial charge on any atom is 0.0594 e. The summed E-state index contributed by atoms with van der Waals surface area (Å²) in [7, 11) is 0. The third kappa shape index (κ3) is 3.30. The van der Waals surface area contributed by atoms with Crippen molar-refractivity contribution in [2.45, 2.75) is 26.2 Å². The molecular formula is C15H23NO. The van der Waals surface area contributed by atoms with Crippen LogP contribution >= 0.6 is 0 Å². The van der Waals surface area contributed by atoms with E-state index in [0.29, 0.717) is 0 Å². The van der Waals surface area contributed by atoms with E-state index < -0.39 is 0 Å².